The first-order valence-corrected chi connectivity index (χ1v) is 6.18. The topological polar surface area (TPSA) is 85.8 Å². The van der Waals surface area contributed by atoms with Crippen molar-refractivity contribution in [3.05, 3.63) is 42.0 Å². The lowest BCUT2D eigenvalue weighted by Gasteiger charge is -2.03. The highest BCUT2D eigenvalue weighted by atomic mass is 16.4. The van der Waals surface area contributed by atoms with Gasteiger partial charge in [-0.15, -0.1) is 5.10 Å². The maximum Gasteiger partial charge on any atom is 0.335 e. The van der Waals surface area contributed by atoms with Crippen molar-refractivity contribution in [2.45, 2.75) is 13.0 Å². The summed E-state index contributed by atoms with van der Waals surface area (Å²) in [4.78, 5) is 15.2. The predicted molar refractivity (Wildman–Crippen MR) is 71.4 cm³/mol. The third-order valence-corrected chi connectivity index (χ3v) is 3.23. The molecule has 102 valence electrons. The number of carbonyl (C=O) groups is 1. The van der Waals surface area contributed by atoms with E-state index in [1.807, 2.05) is 17.8 Å². The molecule has 3 aromatic rings. The van der Waals surface area contributed by atoms with Gasteiger partial charge in [0.25, 0.3) is 0 Å². The molecule has 0 bridgehead atoms. The van der Waals surface area contributed by atoms with Crippen molar-refractivity contribution in [3.63, 3.8) is 0 Å². The highest BCUT2D eigenvalue weighted by Crippen LogP contribution is 2.14. The number of imidazole rings is 1. The van der Waals surface area contributed by atoms with Crippen LogP contribution in [0.25, 0.3) is 11.0 Å². The van der Waals surface area contributed by atoms with Crippen LogP contribution < -0.4 is 0 Å². The Morgan fingerprint density at radius 2 is 2.25 bits per heavy atom. The number of aryl methyl sites for hydroxylation is 3. The minimum Gasteiger partial charge on any atom is -0.478 e. The highest BCUT2D eigenvalue weighted by Gasteiger charge is 2.09. The van der Waals surface area contributed by atoms with E-state index in [0.29, 0.717) is 12.1 Å². The number of nitrogens with zero attached hydrogens (tertiary/aromatic N) is 5. The quantitative estimate of drug-likeness (QED) is 0.768. The van der Waals surface area contributed by atoms with Crippen LogP contribution in [0.3, 0.4) is 0 Å². The summed E-state index contributed by atoms with van der Waals surface area (Å²) < 4.78 is 3.72. The van der Waals surface area contributed by atoms with Gasteiger partial charge in [-0.2, -0.15) is 0 Å². The smallest absolute Gasteiger partial charge is 0.335 e. The lowest BCUT2D eigenvalue weighted by Crippen LogP contribution is -2.07. The van der Waals surface area contributed by atoms with Crippen molar-refractivity contribution < 1.29 is 9.90 Å². The lowest BCUT2D eigenvalue weighted by atomic mass is 10.2. The molecule has 3 rings (SSSR count). The summed E-state index contributed by atoms with van der Waals surface area (Å²) in [5.74, 6) is 0.00488. The van der Waals surface area contributed by atoms with Crippen LogP contribution in [0.1, 0.15) is 16.2 Å². The van der Waals surface area contributed by atoms with Gasteiger partial charge in [0.2, 0.25) is 0 Å². The van der Waals surface area contributed by atoms with Gasteiger partial charge in [-0.1, -0.05) is 5.21 Å². The summed E-state index contributed by atoms with van der Waals surface area (Å²) in [6.07, 6.45) is 4.39. The molecule has 0 saturated carbocycles. The first kappa shape index (κ1) is 12.3. The third-order valence-electron chi connectivity index (χ3n) is 3.23. The lowest BCUT2D eigenvalue weighted by molar-refractivity contribution is 0.0697. The fourth-order valence-electron chi connectivity index (χ4n) is 2.11. The first-order chi connectivity index (χ1) is 9.65. The molecule has 0 spiro atoms. The Kier molecular flexibility index (Phi) is 2.94. The van der Waals surface area contributed by atoms with Gasteiger partial charge in [0.05, 0.1) is 17.6 Å². The number of rotatable bonds is 4. The van der Waals surface area contributed by atoms with Gasteiger partial charge in [0.1, 0.15) is 11.3 Å². The van der Waals surface area contributed by atoms with Crippen LogP contribution in [0, 0.1) is 0 Å². The summed E-state index contributed by atoms with van der Waals surface area (Å²) in [6.45, 7) is 0.647. The fraction of sp³-hybridized carbons (Fsp3) is 0.231. The highest BCUT2D eigenvalue weighted by molar-refractivity contribution is 5.92. The van der Waals surface area contributed by atoms with E-state index in [9.17, 15) is 4.79 Å². The van der Waals surface area contributed by atoms with Gasteiger partial charge in [-0.05, 0) is 18.2 Å². The van der Waals surface area contributed by atoms with Crippen LogP contribution in [0.2, 0.25) is 0 Å². The van der Waals surface area contributed by atoms with Crippen molar-refractivity contribution in [1.82, 2.24) is 24.5 Å². The zero-order valence-electron chi connectivity index (χ0n) is 10.9. The van der Waals surface area contributed by atoms with Crippen LogP contribution in [-0.2, 0) is 20.0 Å². The monoisotopic (exact) mass is 271 g/mol. The van der Waals surface area contributed by atoms with E-state index < -0.39 is 5.97 Å². The standard InChI is InChI=1S/C13H13N5O2/c1-17-7-5-14-12(17)4-6-18-11-3-2-9(13(19)20)8-10(11)15-16-18/h2-3,5,7-8H,4,6H2,1H3,(H,19,20). The van der Waals surface area contributed by atoms with Crippen molar-refractivity contribution in [2.75, 3.05) is 0 Å². The van der Waals surface area contributed by atoms with Gasteiger partial charge in [0, 0.05) is 25.9 Å². The second-order valence-corrected chi connectivity index (χ2v) is 4.53. The van der Waals surface area contributed by atoms with E-state index in [4.69, 9.17) is 5.11 Å². The molecule has 0 saturated heterocycles. The Labute approximate surface area is 114 Å². The van der Waals surface area contributed by atoms with E-state index in [2.05, 4.69) is 15.3 Å². The molecule has 0 atom stereocenters. The molecule has 0 fully saturated rings. The van der Waals surface area contributed by atoms with Crippen molar-refractivity contribution in [2.24, 2.45) is 7.05 Å². The molecule has 20 heavy (non-hydrogen) atoms. The van der Waals surface area contributed by atoms with Crippen molar-refractivity contribution >= 4 is 17.0 Å². The van der Waals surface area contributed by atoms with Gasteiger partial charge in [-0.25, -0.2) is 14.5 Å². The minimum absolute atomic E-state index is 0.216. The van der Waals surface area contributed by atoms with E-state index in [1.165, 1.54) is 6.07 Å². The zero-order chi connectivity index (χ0) is 14.1. The largest absolute Gasteiger partial charge is 0.478 e. The van der Waals surface area contributed by atoms with Gasteiger partial charge >= 0.3 is 5.97 Å². The van der Waals surface area contributed by atoms with Crippen LogP contribution in [0.4, 0.5) is 0 Å². The van der Waals surface area contributed by atoms with E-state index in [0.717, 1.165) is 17.8 Å². The van der Waals surface area contributed by atoms with Gasteiger partial charge in [0.15, 0.2) is 0 Å². The van der Waals surface area contributed by atoms with Crippen LogP contribution in [0.5, 0.6) is 0 Å². The number of aromatic carboxylic acids is 1. The molecule has 1 N–H and O–H groups in total. The Bertz CT molecular complexity index is 774. The van der Waals surface area contributed by atoms with Gasteiger partial charge in [-0.3, -0.25) is 0 Å². The molecule has 7 heteroatoms. The number of aromatic nitrogens is 5. The number of fused-ring (bicyclic) bond motifs is 1. The normalized spacial score (nSPS) is 11.1. The molecule has 0 aliphatic rings. The molecule has 0 aliphatic heterocycles. The Balaban J connectivity index is 1.85. The minimum atomic E-state index is -0.963. The number of carboxylic acids is 1. The molecule has 0 radical (unpaired) electrons. The summed E-state index contributed by atoms with van der Waals surface area (Å²) in [6, 6.07) is 4.82. The predicted octanol–water partition coefficient (Wildman–Crippen LogP) is 1.11. The fourth-order valence-corrected chi connectivity index (χ4v) is 2.11. The van der Waals surface area contributed by atoms with E-state index >= 15 is 0 Å². The Morgan fingerprint density at radius 1 is 1.40 bits per heavy atom. The van der Waals surface area contributed by atoms with Gasteiger partial charge < -0.3 is 9.67 Å². The SMILES string of the molecule is Cn1ccnc1CCn1nnc2cc(C(=O)O)ccc21. The van der Waals surface area contributed by atoms with Crippen LogP contribution in [0.15, 0.2) is 30.6 Å². The van der Waals surface area contributed by atoms with Crippen LogP contribution >= 0.6 is 0 Å². The van der Waals surface area contributed by atoms with E-state index in [-0.39, 0.29) is 5.56 Å². The van der Waals surface area contributed by atoms with Crippen molar-refractivity contribution in [3.8, 4) is 0 Å². The molecule has 1 aromatic carbocycles. The first-order valence-electron chi connectivity index (χ1n) is 6.18. The number of carboxylic acid groups (broad SMARTS) is 1. The second kappa shape index (κ2) is 4.76. The Hall–Kier alpha value is -2.70. The van der Waals surface area contributed by atoms with Crippen LogP contribution in [-0.4, -0.2) is 35.6 Å². The molecule has 7 nitrogen and oxygen atoms in total. The number of hydrogen-bond donors (Lipinski definition) is 1. The summed E-state index contributed by atoms with van der Waals surface area (Å²) in [5.41, 5.74) is 1.63. The molecular formula is C13H13N5O2. The van der Waals surface area contributed by atoms with E-state index in [1.54, 1.807) is 23.0 Å². The average Bonchev–Trinajstić information content (AvgIpc) is 3.02. The molecule has 0 aliphatic carbocycles. The molecule has 2 heterocycles. The third kappa shape index (κ3) is 2.13. The van der Waals surface area contributed by atoms with Crippen molar-refractivity contribution in [1.29, 1.82) is 0 Å². The summed E-state index contributed by atoms with van der Waals surface area (Å²) in [5, 5.41) is 17.0. The molecular weight excluding hydrogens is 258 g/mol. The summed E-state index contributed by atoms with van der Waals surface area (Å²) in [7, 11) is 1.95. The Morgan fingerprint density at radius 3 is 2.95 bits per heavy atom. The average molecular weight is 271 g/mol. The number of hydrogen-bond acceptors (Lipinski definition) is 4. The second-order valence-electron chi connectivity index (χ2n) is 4.53. The molecule has 2 aromatic heterocycles. The maximum atomic E-state index is 10.9. The maximum absolute atomic E-state index is 10.9. The number of benzene rings is 1. The zero-order valence-corrected chi connectivity index (χ0v) is 10.9. The molecule has 0 unspecified atom stereocenters. The summed E-state index contributed by atoms with van der Waals surface area (Å²) >= 11 is 0. The molecule has 0 amide bonds.